The highest BCUT2D eigenvalue weighted by Crippen LogP contribution is 2.34. The first-order valence-corrected chi connectivity index (χ1v) is 8.88. The van der Waals surface area contributed by atoms with Crippen LogP contribution in [0.5, 0.6) is 0 Å². The Morgan fingerprint density at radius 3 is 2.73 bits per heavy atom. The van der Waals surface area contributed by atoms with Crippen LogP contribution in [0.2, 0.25) is 0 Å². The van der Waals surface area contributed by atoms with Crippen LogP contribution in [0.15, 0.2) is 17.1 Å². The molecule has 26 heavy (non-hydrogen) atoms. The van der Waals surface area contributed by atoms with E-state index in [4.69, 9.17) is 5.73 Å². The van der Waals surface area contributed by atoms with Crippen molar-refractivity contribution >= 4 is 17.2 Å². The number of aryl methyl sites for hydroxylation is 1. The fraction of sp³-hybridized carbons (Fsp3) is 0.474. The Morgan fingerprint density at radius 1 is 1.50 bits per heavy atom. The van der Waals surface area contributed by atoms with Gasteiger partial charge in [-0.05, 0) is 42.9 Å². The number of hydrogen-bond acceptors (Lipinski definition) is 4. The Hall–Kier alpha value is -2.41. The van der Waals surface area contributed by atoms with Gasteiger partial charge in [-0.1, -0.05) is 13.8 Å². The first-order chi connectivity index (χ1) is 12.3. The molecule has 0 spiro atoms. The van der Waals surface area contributed by atoms with Gasteiger partial charge in [-0.3, -0.25) is 9.20 Å². The van der Waals surface area contributed by atoms with Crippen molar-refractivity contribution in [2.75, 3.05) is 18.0 Å². The topological polar surface area (TPSA) is 88.0 Å². The second kappa shape index (κ2) is 6.72. The summed E-state index contributed by atoms with van der Waals surface area (Å²) in [4.78, 5) is 26.0. The number of pyridine rings is 2. The van der Waals surface area contributed by atoms with Crippen molar-refractivity contribution < 1.29 is 14.3 Å². The highest BCUT2D eigenvalue weighted by molar-refractivity contribution is 5.89. The summed E-state index contributed by atoms with van der Waals surface area (Å²) >= 11 is 0. The molecule has 0 saturated carbocycles. The molecule has 3 rings (SSSR count). The van der Waals surface area contributed by atoms with Crippen LogP contribution in [0.3, 0.4) is 0 Å². The lowest BCUT2D eigenvalue weighted by molar-refractivity contribution is 0.0694. The Morgan fingerprint density at radius 2 is 2.19 bits per heavy atom. The maximum Gasteiger partial charge on any atom is 0.341 e. The number of carboxylic acids is 1. The molecule has 0 aliphatic carbocycles. The highest BCUT2D eigenvalue weighted by Gasteiger charge is 2.27. The van der Waals surface area contributed by atoms with E-state index in [0.717, 1.165) is 29.0 Å². The van der Waals surface area contributed by atoms with Crippen LogP contribution in [0.4, 0.5) is 10.1 Å². The molecule has 3 N–H and O–H groups in total. The van der Waals surface area contributed by atoms with Gasteiger partial charge in [0.05, 0.1) is 17.4 Å². The normalized spacial score (nSPS) is 18.5. The zero-order chi connectivity index (χ0) is 19.2. The maximum absolute atomic E-state index is 14.9. The molecule has 3 heterocycles. The third-order valence-electron chi connectivity index (χ3n) is 5.36. The molecule has 0 aromatic carbocycles. The fourth-order valence-electron chi connectivity index (χ4n) is 3.77. The van der Waals surface area contributed by atoms with Crippen LogP contribution in [0.1, 0.15) is 54.1 Å². The van der Waals surface area contributed by atoms with Gasteiger partial charge in [0, 0.05) is 19.1 Å². The summed E-state index contributed by atoms with van der Waals surface area (Å²) in [5, 5.41) is 9.37. The van der Waals surface area contributed by atoms with E-state index in [1.54, 1.807) is 6.92 Å². The van der Waals surface area contributed by atoms with Crippen LogP contribution >= 0.6 is 0 Å². The summed E-state index contributed by atoms with van der Waals surface area (Å²) in [5.74, 6) is -1.81. The molecular weight excluding hydrogens is 337 g/mol. The number of halogens is 1. The first-order valence-electron chi connectivity index (χ1n) is 8.88. The number of nitrogens with zero attached hydrogens (tertiary/aromatic N) is 2. The summed E-state index contributed by atoms with van der Waals surface area (Å²) in [6.45, 7) is 6.96. The van der Waals surface area contributed by atoms with Gasteiger partial charge in [-0.2, -0.15) is 0 Å². The highest BCUT2D eigenvalue weighted by atomic mass is 19.1. The number of fused-ring (bicyclic) bond motifs is 1. The molecule has 1 aliphatic heterocycles. The third-order valence-corrected chi connectivity index (χ3v) is 5.36. The first kappa shape index (κ1) is 18.4. The van der Waals surface area contributed by atoms with Crippen LogP contribution in [-0.4, -0.2) is 34.6 Å². The summed E-state index contributed by atoms with van der Waals surface area (Å²) < 4.78 is 16.0. The van der Waals surface area contributed by atoms with E-state index < -0.39 is 17.3 Å². The van der Waals surface area contributed by atoms with Gasteiger partial charge in [0.2, 0.25) is 0 Å². The Bertz CT molecular complexity index is 938. The van der Waals surface area contributed by atoms with Gasteiger partial charge in [0.25, 0.3) is 5.56 Å². The lowest BCUT2D eigenvalue weighted by Gasteiger charge is -2.24. The number of aromatic carboxylic acids is 1. The van der Waals surface area contributed by atoms with Crippen molar-refractivity contribution in [3.05, 3.63) is 45.1 Å². The van der Waals surface area contributed by atoms with Gasteiger partial charge in [0.1, 0.15) is 5.56 Å². The lowest BCUT2D eigenvalue weighted by Crippen LogP contribution is -2.29. The molecular formula is C19H24FN3O3. The van der Waals surface area contributed by atoms with Crippen molar-refractivity contribution in [3.8, 4) is 0 Å². The molecule has 140 valence electrons. The quantitative estimate of drug-likeness (QED) is 0.874. The van der Waals surface area contributed by atoms with Gasteiger partial charge in [-0.25, -0.2) is 9.18 Å². The smallest absolute Gasteiger partial charge is 0.341 e. The molecule has 1 fully saturated rings. The molecule has 2 aromatic rings. The Balaban J connectivity index is 2.38. The van der Waals surface area contributed by atoms with Crippen LogP contribution in [0.25, 0.3) is 5.52 Å². The van der Waals surface area contributed by atoms with E-state index in [-0.39, 0.29) is 17.5 Å². The number of nitrogens with two attached hydrogens (primary N) is 1. The number of anilines is 1. The molecule has 2 atom stereocenters. The predicted molar refractivity (Wildman–Crippen MR) is 98.8 cm³/mol. The maximum atomic E-state index is 14.9. The van der Waals surface area contributed by atoms with E-state index in [1.165, 1.54) is 6.07 Å². The minimum Gasteiger partial charge on any atom is -0.477 e. The van der Waals surface area contributed by atoms with Gasteiger partial charge in [-0.15, -0.1) is 0 Å². The molecule has 2 aromatic heterocycles. The van der Waals surface area contributed by atoms with Crippen molar-refractivity contribution in [1.29, 1.82) is 0 Å². The minimum absolute atomic E-state index is 0.00404. The van der Waals surface area contributed by atoms with Gasteiger partial charge >= 0.3 is 5.97 Å². The molecule has 0 bridgehead atoms. The van der Waals surface area contributed by atoms with Crippen molar-refractivity contribution in [1.82, 2.24) is 4.40 Å². The summed E-state index contributed by atoms with van der Waals surface area (Å²) in [5.41, 5.74) is 7.33. The van der Waals surface area contributed by atoms with E-state index >= 15 is 0 Å². The molecule has 0 amide bonds. The standard InChI is InChI=1S/C19H24FN3O3/c1-4-10(2)13-7-14(19(25)26)18(24)23-9-15(20)17(11(3)16(13)23)22-6-5-12(21)8-22/h7,9-10,12H,4-6,8,21H2,1-3H3,(H,25,26)/t10?,12-/m0/s1. The second-order valence-corrected chi connectivity index (χ2v) is 7.10. The Kier molecular flexibility index (Phi) is 4.75. The van der Waals surface area contributed by atoms with Crippen LogP contribution < -0.4 is 16.2 Å². The fourth-order valence-corrected chi connectivity index (χ4v) is 3.77. The lowest BCUT2D eigenvalue weighted by atomic mass is 9.94. The summed E-state index contributed by atoms with van der Waals surface area (Å²) in [6, 6.07) is 1.44. The average Bonchev–Trinajstić information content (AvgIpc) is 3.00. The molecule has 1 saturated heterocycles. The minimum atomic E-state index is -1.30. The second-order valence-electron chi connectivity index (χ2n) is 7.10. The number of aromatic nitrogens is 1. The van der Waals surface area contributed by atoms with E-state index in [9.17, 15) is 19.1 Å². The molecule has 7 heteroatoms. The summed E-state index contributed by atoms with van der Waals surface area (Å²) in [7, 11) is 0. The van der Waals surface area contributed by atoms with E-state index in [1.807, 2.05) is 18.7 Å². The van der Waals surface area contributed by atoms with Crippen molar-refractivity contribution in [2.24, 2.45) is 5.73 Å². The summed E-state index contributed by atoms with van der Waals surface area (Å²) in [6.07, 6.45) is 2.67. The van der Waals surface area contributed by atoms with Crippen molar-refractivity contribution in [3.63, 3.8) is 0 Å². The predicted octanol–water partition coefficient (Wildman–Crippen LogP) is 2.50. The van der Waals surface area contributed by atoms with E-state index in [0.29, 0.717) is 29.9 Å². The largest absolute Gasteiger partial charge is 0.477 e. The van der Waals surface area contributed by atoms with Gasteiger partial charge in [0.15, 0.2) is 5.82 Å². The SMILES string of the molecule is CCC(C)c1cc(C(=O)O)c(=O)n2cc(F)c(N3CC[C@H](N)C3)c(C)c12. The number of rotatable bonds is 4. The zero-order valence-electron chi connectivity index (χ0n) is 15.3. The molecule has 1 aliphatic rings. The van der Waals surface area contributed by atoms with Crippen molar-refractivity contribution in [2.45, 2.75) is 45.6 Å². The van der Waals surface area contributed by atoms with E-state index in [2.05, 4.69) is 0 Å². The molecule has 6 nitrogen and oxygen atoms in total. The third kappa shape index (κ3) is 2.86. The molecule has 0 radical (unpaired) electrons. The van der Waals surface area contributed by atoms with Crippen LogP contribution in [0, 0.1) is 12.7 Å². The number of carbonyl (C=O) groups is 1. The number of carboxylic acid groups (broad SMARTS) is 1. The molecule has 1 unspecified atom stereocenters. The van der Waals surface area contributed by atoms with Gasteiger partial charge < -0.3 is 15.7 Å². The monoisotopic (exact) mass is 361 g/mol. The Labute approximate surface area is 151 Å². The number of hydrogen-bond donors (Lipinski definition) is 2. The average molecular weight is 361 g/mol. The zero-order valence-corrected chi connectivity index (χ0v) is 15.3. The van der Waals surface area contributed by atoms with Crippen LogP contribution in [-0.2, 0) is 0 Å².